The van der Waals surface area contributed by atoms with E-state index in [9.17, 15) is 13.2 Å². The van der Waals surface area contributed by atoms with E-state index in [0.29, 0.717) is 12.4 Å². The van der Waals surface area contributed by atoms with E-state index in [1.807, 2.05) is 0 Å². The van der Waals surface area contributed by atoms with Crippen molar-refractivity contribution in [3.63, 3.8) is 0 Å². The lowest BCUT2D eigenvalue weighted by atomic mass is 10.2. The first-order chi connectivity index (χ1) is 9.40. The van der Waals surface area contributed by atoms with Crippen molar-refractivity contribution < 1.29 is 17.6 Å². The summed E-state index contributed by atoms with van der Waals surface area (Å²) in [5.74, 6) is 0.345. The smallest absolute Gasteiger partial charge is 0.406 e. The number of nitrogens with one attached hydrogen (secondary N) is 2. The minimum absolute atomic E-state index is 0.0527. The molecule has 9 heteroatoms. The van der Waals surface area contributed by atoms with E-state index in [1.165, 1.54) is 6.07 Å². The van der Waals surface area contributed by atoms with Crippen molar-refractivity contribution in [3.05, 3.63) is 34.7 Å². The van der Waals surface area contributed by atoms with E-state index in [0.717, 1.165) is 12.1 Å². The molecule has 0 amide bonds. The van der Waals surface area contributed by atoms with Crippen LogP contribution in [0.5, 0.6) is 0 Å². The Hall–Kier alpha value is -1.80. The quantitative estimate of drug-likeness (QED) is 0.908. The molecule has 5 nitrogen and oxygen atoms in total. The number of aromatic nitrogens is 2. The maximum Gasteiger partial charge on any atom is 0.416 e. The van der Waals surface area contributed by atoms with Crippen LogP contribution in [0, 0.1) is 0 Å². The van der Waals surface area contributed by atoms with Gasteiger partial charge >= 0.3 is 12.2 Å². The molecule has 1 heterocycles. The van der Waals surface area contributed by atoms with Crippen molar-refractivity contribution in [1.82, 2.24) is 15.5 Å². The van der Waals surface area contributed by atoms with Crippen LogP contribution < -0.4 is 10.6 Å². The van der Waals surface area contributed by atoms with Crippen LogP contribution >= 0.6 is 11.6 Å². The van der Waals surface area contributed by atoms with Gasteiger partial charge < -0.3 is 15.1 Å². The van der Waals surface area contributed by atoms with Crippen LogP contribution in [0.4, 0.5) is 24.9 Å². The highest BCUT2D eigenvalue weighted by Gasteiger charge is 2.30. The van der Waals surface area contributed by atoms with Crippen molar-refractivity contribution >= 4 is 23.3 Å². The molecule has 0 saturated heterocycles. The summed E-state index contributed by atoms with van der Waals surface area (Å²) in [6.45, 7) is 0.384. The first kappa shape index (κ1) is 14.6. The second-order valence-electron chi connectivity index (χ2n) is 3.85. The van der Waals surface area contributed by atoms with Gasteiger partial charge in [0.05, 0.1) is 22.8 Å². The number of alkyl halides is 3. The Labute approximate surface area is 117 Å². The van der Waals surface area contributed by atoms with Crippen LogP contribution in [0.15, 0.2) is 22.6 Å². The molecular weight excluding hydrogens is 297 g/mol. The fraction of sp³-hybridized carbons (Fsp3) is 0.273. The number of rotatable bonds is 4. The zero-order chi connectivity index (χ0) is 14.8. The summed E-state index contributed by atoms with van der Waals surface area (Å²) in [6.07, 6.45) is -4.44. The fourth-order valence-electron chi connectivity index (χ4n) is 1.43. The molecule has 0 spiro atoms. The number of halogens is 4. The zero-order valence-electron chi connectivity index (χ0n) is 10.3. The molecule has 0 radical (unpaired) electrons. The molecule has 1 aromatic heterocycles. The van der Waals surface area contributed by atoms with Gasteiger partial charge in [-0.2, -0.15) is 13.2 Å². The summed E-state index contributed by atoms with van der Waals surface area (Å²) in [6, 6.07) is 3.00. The van der Waals surface area contributed by atoms with Gasteiger partial charge in [0.2, 0.25) is 5.89 Å². The molecule has 0 aliphatic rings. The third-order valence-electron chi connectivity index (χ3n) is 2.33. The highest BCUT2D eigenvalue weighted by Crippen LogP contribution is 2.34. The predicted octanol–water partition coefficient (Wildman–Crippen LogP) is 3.20. The molecule has 0 atom stereocenters. The maximum absolute atomic E-state index is 12.5. The van der Waals surface area contributed by atoms with E-state index in [1.54, 1.807) is 7.05 Å². The second kappa shape index (κ2) is 5.68. The Kier molecular flexibility index (Phi) is 4.15. The highest BCUT2D eigenvalue weighted by atomic mass is 35.5. The topological polar surface area (TPSA) is 63.0 Å². The molecule has 2 aromatic rings. The summed E-state index contributed by atoms with van der Waals surface area (Å²) < 4.78 is 42.7. The van der Waals surface area contributed by atoms with Crippen molar-refractivity contribution in [2.45, 2.75) is 12.7 Å². The third-order valence-corrected chi connectivity index (χ3v) is 2.65. The van der Waals surface area contributed by atoms with Gasteiger partial charge in [-0.05, 0) is 25.2 Å². The molecule has 108 valence electrons. The lowest BCUT2D eigenvalue weighted by Gasteiger charge is -2.09. The SMILES string of the molecule is CNCc1nnc(Nc2ccc(C(F)(F)F)cc2Cl)o1. The molecule has 0 unspecified atom stereocenters. The van der Waals surface area contributed by atoms with E-state index in [4.69, 9.17) is 16.0 Å². The summed E-state index contributed by atoms with van der Waals surface area (Å²) in [4.78, 5) is 0. The Morgan fingerprint density at radius 1 is 1.30 bits per heavy atom. The van der Waals surface area contributed by atoms with Crippen molar-refractivity contribution in [2.75, 3.05) is 12.4 Å². The van der Waals surface area contributed by atoms with Crippen molar-refractivity contribution in [1.29, 1.82) is 0 Å². The fourth-order valence-corrected chi connectivity index (χ4v) is 1.66. The largest absolute Gasteiger partial charge is 0.416 e. The number of nitrogens with zero attached hydrogens (tertiary/aromatic N) is 2. The van der Waals surface area contributed by atoms with Gasteiger partial charge in [0.1, 0.15) is 0 Å². The summed E-state index contributed by atoms with van der Waals surface area (Å²) >= 11 is 5.79. The standard InChI is InChI=1S/C11H10ClF3N4O/c1-16-5-9-18-19-10(20-9)17-8-3-2-6(4-7(8)12)11(13,14)15/h2-4,16H,5H2,1H3,(H,17,19). The first-order valence-electron chi connectivity index (χ1n) is 5.51. The highest BCUT2D eigenvalue weighted by molar-refractivity contribution is 6.33. The molecule has 0 saturated carbocycles. The Balaban J connectivity index is 2.17. The minimum atomic E-state index is -4.44. The zero-order valence-corrected chi connectivity index (χ0v) is 11.0. The van der Waals surface area contributed by atoms with Gasteiger partial charge in [-0.25, -0.2) is 0 Å². The Morgan fingerprint density at radius 3 is 2.65 bits per heavy atom. The molecule has 20 heavy (non-hydrogen) atoms. The van der Waals surface area contributed by atoms with Crippen LogP contribution in [0.2, 0.25) is 5.02 Å². The van der Waals surface area contributed by atoms with E-state index in [2.05, 4.69) is 20.8 Å². The van der Waals surface area contributed by atoms with Gasteiger partial charge in [0, 0.05) is 0 Å². The number of hydrogen-bond acceptors (Lipinski definition) is 5. The first-order valence-corrected chi connectivity index (χ1v) is 5.88. The van der Waals surface area contributed by atoms with Crippen LogP contribution in [-0.2, 0) is 12.7 Å². The van der Waals surface area contributed by atoms with E-state index >= 15 is 0 Å². The lowest BCUT2D eigenvalue weighted by molar-refractivity contribution is -0.137. The molecule has 2 N–H and O–H groups in total. The molecule has 0 bridgehead atoms. The molecule has 0 aliphatic heterocycles. The molecule has 0 aliphatic carbocycles. The number of benzene rings is 1. The summed E-state index contributed by atoms with van der Waals surface area (Å²) in [5.41, 5.74) is -0.575. The number of anilines is 2. The predicted molar refractivity (Wildman–Crippen MR) is 66.8 cm³/mol. The van der Waals surface area contributed by atoms with E-state index < -0.39 is 11.7 Å². The van der Waals surface area contributed by atoms with Crippen molar-refractivity contribution in [3.8, 4) is 0 Å². The third kappa shape index (κ3) is 3.40. The normalized spacial score (nSPS) is 11.7. The summed E-state index contributed by atoms with van der Waals surface area (Å²) in [5, 5.41) is 12.8. The molecule has 1 aromatic carbocycles. The van der Waals surface area contributed by atoms with Gasteiger partial charge in [-0.15, -0.1) is 5.10 Å². The van der Waals surface area contributed by atoms with E-state index in [-0.39, 0.29) is 16.7 Å². The molecule has 2 rings (SSSR count). The Bertz CT molecular complexity index is 600. The van der Waals surface area contributed by atoms with Crippen LogP contribution in [0.25, 0.3) is 0 Å². The van der Waals surface area contributed by atoms with Crippen LogP contribution in [0.1, 0.15) is 11.5 Å². The minimum Gasteiger partial charge on any atom is -0.406 e. The van der Waals surface area contributed by atoms with Gasteiger partial charge in [-0.3, -0.25) is 0 Å². The average Bonchev–Trinajstić information content (AvgIpc) is 2.78. The monoisotopic (exact) mass is 306 g/mol. The molecular formula is C11H10ClF3N4O. The number of hydrogen-bond donors (Lipinski definition) is 2. The Morgan fingerprint density at radius 2 is 2.05 bits per heavy atom. The van der Waals surface area contributed by atoms with Crippen LogP contribution in [0.3, 0.4) is 0 Å². The van der Waals surface area contributed by atoms with Crippen molar-refractivity contribution in [2.24, 2.45) is 0 Å². The molecule has 0 fully saturated rings. The maximum atomic E-state index is 12.5. The second-order valence-corrected chi connectivity index (χ2v) is 4.26. The van der Waals surface area contributed by atoms with Gasteiger partial charge in [0.25, 0.3) is 0 Å². The summed E-state index contributed by atoms with van der Waals surface area (Å²) in [7, 11) is 1.71. The van der Waals surface area contributed by atoms with Crippen LogP contribution in [-0.4, -0.2) is 17.2 Å². The van der Waals surface area contributed by atoms with Gasteiger partial charge in [0.15, 0.2) is 0 Å². The van der Waals surface area contributed by atoms with Gasteiger partial charge in [-0.1, -0.05) is 16.7 Å². The lowest BCUT2D eigenvalue weighted by Crippen LogP contribution is -2.05. The average molecular weight is 307 g/mol.